The molecule has 2 aromatic rings. The molecule has 15 heteroatoms. The van der Waals surface area contributed by atoms with Gasteiger partial charge in [-0.15, -0.1) is 5.10 Å². The summed E-state index contributed by atoms with van der Waals surface area (Å²) in [5.41, 5.74) is 2.06. The van der Waals surface area contributed by atoms with Gasteiger partial charge in [-0.05, 0) is 78.6 Å². The van der Waals surface area contributed by atoms with Gasteiger partial charge in [0.05, 0.1) is 22.8 Å². The predicted octanol–water partition coefficient (Wildman–Crippen LogP) is 7.68. The topological polar surface area (TPSA) is 80.1 Å². The Hall–Kier alpha value is -3.20. The molecule has 6 nitrogen and oxygen atoms in total. The summed E-state index contributed by atoms with van der Waals surface area (Å²) in [6.07, 6.45) is -12.2. The van der Waals surface area contributed by atoms with E-state index in [0.717, 1.165) is 47.8 Å². The van der Waals surface area contributed by atoms with Crippen molar-refractivity contribution in [2.75, 3.05) is 13.7 Å². The summed E-state index contributed by atoms with van der Waals surface area (Å²) in [6, 6.07) is 4.17. The first-order valence-corrected chi connectivity index (χ1v) is 14.0. The third-order valence-corrected chi connectivity index (χ3v) is 7.58. The Morgan fingerprint density at radius 2 is 1.41 bits per heavy atom. The van der Waals surface area contributed by atoms with Crippen LogP contribution in [0.3, 0.4) is 0 Å². The number of alkyl halides is 9. The fraction of sp³-hybridized carbons (Fsp3) is 0.552. The highest BCUT2D eigenvalue weighted by atomic mass is 19.4. The maximum atomic E-state index is 13.8. The van der Waals surface area contributed by atoms with Crippen LogP contribution in [0.15, 0.2) is 41.5 Å². The summed E-state index contributed by atoms with van der Waals surface area (Å²) in [5.74, 6) is 5.58. The number of rotatable bonds is 9. The van der Waals surface area contributed by atoms with Gasteiger partial charge in [-0.1, -0.05) is 25.8 Å². The van der Waals surface area contributed by atoms with Gasteiger partial charge in [-0.3, -0.25) is 0 Å². The van der Waals surface area contributed by atoms with Crippen LogP contribution >= 0.6 is 0 Å². The van der Waals surface area contributed by atoms with Crippen molar-refractivity contribution in [2.45, 2.75) is 77.3 Å². The summed E-state index contributed by atoms with van der Waals surface area (Å²) in [7, 11) is 1.27. The Balaban J connectivity index is 2.15. The van der Waals surface area contributed by atoms with Crippen molar-refractivity contribution in [1.82, 2.24) is 10.0 Å². The number of hydrogen-bond donors (Lipinski definition) is 2. The molecule has 3 rings (SSSR count). The minimum atomic E-state index is -5.10. The van der Waals surface area contributed by atoms with E-state index in [0.29, 0.717) is 23.6 Å². The lowest BCUT2D eigenvalue weighted by atomic mass is 9.77. The van der Waals surface area contributed by atoms with Crippen LogP contribution in [0.1, 0.15) is 79.0 Å². The van der Waals surface area contributed by atoms with Crippen molar-refractivity contribution >= 4 is 5.96 Å². The van der Waals surface area contributed by atoms with E-state index >= 15 is 0 Å². The number of guanidine groups is 1. The SMILES string of the molecule is CCOC(c1ccc(C(F)(F)F)cc1CN(Cc1cc(C(F)(F)F)cc(C(F)(F)F)c1)/C(N)=N/N(C)N)C1CCC(C)CC1. The molecule has 0 spiro atoms. The molecular weight excluding hydrogens is 605 g/mol. The summed E-state index contributed by atoms with van der Waals surface area (Å²) >= 11 is 0. The lowest BCUT2D eigenvalue weighted by Crippen LogP contribution is -2.39. The molecule has 1 atom stereocenters. The molecule has 1 fully saturated rings. The van der Waals surface area contributed by atoms with Gasteiger partial charge in [-0.25, -0.2) is 11.0 Å². The van der Waals surface area contributed by atoms with E-state index in [9.17, 15) is 39.5 Å². The Morgan fingerprint density at radius 3 is 1.89 bits per heavy atom. The second kappa shape index (κ2) is 13.8. The number of hydrogen-bond acceptors (Lipinski definition) is 4. The molecule has 0 aliphatic heterocycles. The molecule has 246 valence electrons. The highest BCUT2D eigenvalue weighted by Crippen LogP contribution is 2.42. The van der Waals surface area contributed by atoms with E-state index in [-0.39, 0.29) is 24.2 Å². The summed E-state index contributed by atoms with van der Waals surface area (Å²) in [5, 5.41) is 4.58. The number of benzene rings is 2. The Kier molecular flexibility index (Phi) is 11.1. The van der Waals surface area contributed by atoms with Gasteiger partial charge in [-0.2, -0.15) is 39.5 Å². The molecule has 0 saturated heterocycles. The molecule has 0 bridgehead atoms. The van der Waals surface area contributed by atoms with E-state index < -0.39 is 65.9 Å². The Morgan fingerprint density at radius 1 is 0.864 bits per heavy atom. The monoisotopic (exact) mass is 641 g/mol. The molecule has 1 aliphatic rings. The number of hydrazone groups is 1. The Labute approximate surface area is 249 Å². The fourth-order valence-electron chi connectivity index (χ4n) is 5.42. The van der Waals surface area contributed by atoms with Gasteiger partial charge < -0.3 is 15.4 Å². The van der Waals surface area contributed by atoms with E-state index in [1.807, 2.05) is 0 Å². The molecule has 0 radical (unpaired) electrons. The van der Waals surface area contributed by atoms with Crippen molar-refractivity contribution in [3.63, 3.8) is 0 Å². The molecule has 44 heavy (non-hydrogen) atoms. The first-order chi connectivity index (χ1) is 20.3. The number of hydrazine groups is 1. The normalized spacial score (nSPS) is 19.2. The smallest absolute Gasteiger partial charge is 0.374 e. The summed E-state index contributed by atoms with van der Waals surface area (Å²) in [4.78, 5) is 1.07. The average molecular weight is 642 g/mol. The van der Waals surface area contributed by atoms with Crippen molar-refractivity contribution in [1.29, 1.82) is 0 Å². The Bertz CT molecular complexity index is 1250. The van der Waals surface area contributed by atoms with Crippen LogP contribution in [0, 0.1) is 11.8 Å². The minimum absolute atomic E-state index is 0.0123. The highest BCUT2D eigenvalue weighted by molar-refractivity contribution is 5.77. The van der Waals surface area contributed by atoms with E-state index in [1.165, 1.54) is 13.1 Å². The molecule has 1 saturated carbocycles. The number of halogens is 9. The number of ether oxygens (including phenoxy) is 1. The van der Waals surface area contributed by atoms with Crippen LogP contribution < -0.4 is 11.6 Å². The van der Waals surface area contributed by atoms with Crippen LogP contribution in [0.2, 0.25) is 0 Å². The molecule has 1 unspecified atom stereocenters. The maximum absolute atomic E-state index is 13.8. The van der Waals surface area contributed by atoms with Crippen LogP contribution in [0.25, 0.3) is 0 Å². The predicted molar refractivity (Wildman–Crippen MR) is 146 cm³/mol. The molecule has 1 aliphatic carbocycles. The van der Waals surface area contributed by atoms with Crippen LogP contribution in [-0.2, 0) is 36.4 Å². The summed E-state index contributed by atoms with van der Waals surface area (Å²) < 4.78 is 129. The summed E-state index contributed by atoms with van der Waals surface area (Å²) in [6.45, 7) is 3.01. The second-order valence-electron chi connectivity index (χ2n) is 11.1. The molecule has 0 heterocycles. The largest absolute Gasteiger partial charge is 0.416 e. The van der Waals surface area contributed by atoms with Crippen molar-refractivity contribution in [2.24, 2.45) is 28.5 Å². The van der Waals surface area contributed by atoms with Gasteiger partial charge >= 0.3 is 18.5 Å². The standard InChI is InChI=1S/C29H36F9N5O/c1-4-44-25(19-7-5-17(2)6-8-19)24-10-9-21(27(30,31)32)13-20(24)16-43(26(39)41-42(3)40)15-18-11-22(28(33,34)35)14-23(12-18)29(36,37)38/h9-14,17,19,25H,4-8,15-16,40H2,1-3H3,(H2,39,41). The van der Waals surface area contributed by atoms with Gasteiger partial charge in [0.2, 0.25) is 5.96 Å². The van der Waals surface area contributed by atoms with Gasteiger partial charge in [0.1, 0.15) is 0 Å². The fourth-order valence-corrected chi connectivity index (χ4v) is 5.42. The van der Waals surface area contributed by atoms with Crippen LogP contribution in [0.4, 0.5) is 39.5 Å². The van der Waals surface area contributed by atoms with Gasteiger partial charge in [0, 0.05) is 26.7 Å². The zero-order valence-electron chi connectivity index (χ0n) is 24.5. The third kappa shape index (κ3) is 9.40. The highest BCUT2D eigenvalue weighted by Gasteiger charge is 2.38. The molecular formula is C29H36F9N5O. The maximum Gasteiger partial charge on any atom is 0.416 e. The number of nitrogens with zero attached hydrogens (tertiary/aromatic N) is 3. The number of nitrogens with two attached hydrogens (primary N) is 2. The molecule has 0 aromatic heterocycles. The van der Waals surface area contributed by atoms with Crippen LogP contribution in [-0.4, -0.2) is 29.6 Å². The van der Waals surface area contributed by atoms with E-state index in [1.54, 1.807) is 6.92 Å². The minimum Gasteiger partial charge on any atom is -0.374 e. The van der Waals surface area contributed by atoms with E-state index in [4.69, 9.17) is 16.3 Å². The van der Waals surface area contributed by atoms with Crippen molar-refractivity contribution in [3.8, 4) is 0 Å². The molecule has 0 amide bonds. The zero-order chi connectivity index (χ0) is 33.0. The van der Waals surface area contributed by atoms with Gasteiger partial charge in [0.15, 0.2) is 0 Å². The lowest BCUT2D eigenvalue weighted by Gasteiger charge is -2.35. The quantitative estimate of drug-likeness (QED) is 0.0966. The second-order valence-corrected chi connectivity index (χ2v) is 11.1. The van der Waals surface area contributed by atoms with Crippen LogP contribution in [0.5, 0.6) is 0 Å². The molecule has 4 N–H and O–H groups in total. The third-order valence-electron chi connectivity index (χ3n) is 7.58. The van der Waals surface area contributed by atoms with Gasteiger partial charge in [0.25, 0.3) is 0 Å². The van der Waals surface area contributed by atoms with E-state index in [2.05, 4.69) is 12.0 Å². The first-order valence-electron chi connectivity index (χ1n) is 14.0. The molecule has 2 aromatic carbocycles. The average Bonchev–Trinajstić information content (AvgIpc) is 2.90. The zero-order valence-corrected chi connectivity index (χ0v) is 24.5. The van der Waals surface area contributed by atoms with Crippen molar-refractivity contribution < 1.29 is 44.3 Å². The lowest BCUT2D eigenvalue weighted by molar-refractivity contribution is -0.143. The van der Waals surface area contributed by atoms with Crippen molar-refractivity contribution in [3.05, 3.63) is 69.8 Å². The first kappa shape index (κ1) is 35.3.